The smallest absolute Gasteiger partial charge is 0.480 e. The van der Waals surface area contributed by atoms with Crippen molar-refractivity contribution in [2.45, 2.75) is 38.0 Å². The maximum atomic E-state index is 10.9. The Labute approximate surface area is 167 Å². The number of oxazole rings is 1. The Hall–Kier alpha value is -3.50. The molecule has 0 atom stereocenters. The highest BCUT2D eigenvalue weighted by Gasteiger charge is 2.38. The van der Waals surface area contributed by atoms with Crippen LogP contribution in [-0.4, -0.2) is 37.9 Å². The van der Waals surface area contributed by atoms with Gasteiger partial charge in [0.2, 0.25) is 0 Å². The number of anilines is 1. The highest BCUT2D eigenvalue weighted by atomic mass is 19.4. The molecule has 3 aromatic rings. The molecule has 2 aromatic heterocycles. The zero-order valence-electron chi connectivity index (χ0n) is 15.5. The number of fused-ring (bicyclic) bond motifs is 1. The maximum Gasteiger partial charge on any atom is 0.490 e. The van der Waals surface area contributed by atoms with Crippen molar-refractivity contribution in [2.75, 3.05) is 5.32 Å². The Bertz CT molecular complexity index is 1050. The maximum absolute atomic E-state index is 10.9. The molecule has 0 amide bonds. The summed E-state index contributed by atoms with van der Waals surface area (Å²) in [6, 6.07) is 7.74. The first-order valence-corrected chi connectivity index (χ1v) is 8.93. The molecule has 3 N–H and O–H groups in total. The van der Waals surface area contributed by atoms with Crippen molar-refractivity contribution in [3.63, 3.8) is 0 Å². The molecule has 1 aliphatic rings. The van der Waals surface area contributed by atoms with E-state index in [2.05, 4.69) is 10.3 Å². The third-order valence-corrected chi connectivity index (χ3v) is 4.31. The number of carboxylic acid groups (broad SMARTS) is 2. The zero-order chi connectivity index (χ0) is 21.9. The van der Waals surface area contributed by atoms with E-state index in [0.29, 0.717) is 12.5 Å². The quantitative estimate of drug-likeness (QED) is 0.549. The molecule has 1 aromatic carbocycles. The Morgan fingerprint density at radius 3 is 2.53 bits per heavy atom. The monoisotopic (exact) mass is 425 g/mol. The number of alkyl halides is 3. The average Bonchev–Trinajstić information content (AvgIpc) is 3.27. The Morgan fingerprint density at radius 1 is 1.23 bits per heavy atom. The van der Waals surface area contributed by atoms with Gasteiger partial charge < -0.3 is 24.5 Å². The van der Waals surface area contributed by atoms with Crippen LogP contribution in [0.3, 0.4) is 0 Å². The fourth-order valence-corrected chi connectivity index (χ4v) is 2.77. The van der Waals surface area contributed by atoms with Gasteiger partial charge in [0.25, 0.3) is 0 Å². The Kier molecular flexibility index (Phi) is 5.99. The fraction of sp³-hybridized carbons (Fsp3) is 0.316. The lowest BCUT2D eigenvalue weighted by atomic mass is 10.2. The predicted octanol–water partition coefficient (Wildman–Crippen LogP) is 3.84. The molecule has 0 aliphatic heterocycles. The second-order valence-corrected chi connectivity index (χ2v) is 6.67. The SMILES string of the molecule is O=C(O)C(F)(F)F.O=C(O)Cn1ccc2c(NCc3cnc(C4CC4)o3)cccc21. The van der Waals surface area contributed by atoms with Gasteiger partial charge in [0.15, 0.2) is 5.89 Å². The summed E-state index contributed by atoms with van der Waals surface area (Å²) in [7, 11) is 0. The van der Waals surface area contributed by atoms with E-state index < -0.39 is 18.1 Å². The number of carboxylic acids is 2. The van der Waals surface area contributed by atoms with Gasteiger partial charge in [-0.3, -0.25) is 4.79 Å². The second kappa shape index (κ2) is 8.47. The first-order chi connectivity index (χ1) is 14.1. The van der Waals surface area contributed by atoms with Gasteiger partial charge in [-0.1, -0.05) is 6.07 Å². The van der Waals surface area contributed by atoms with Crippen molar-refractivity contribution in [3.05, 3.63) is 48.3 Å². The summed E-state index contributed by atoms with van der Waals surface area (Å²) in [5.41, 5.74) is 1.85. The molecule has 0 spiro atoms. The second-order valence-electron chi connectivity index (χ2n) is 6.67. The summed E-state index contributed by atoms with van der Waals surface area (Å²) < 4.78 is 39.2. The van der Waals surface area contributed by atoms with Gasteiger partial charge in [0.1, 0.15) is 12.3 Å². The van der Waals surface area contributed by atoms with E-state index in [0.717, 1.165) is 28.2 Å². The number of nitrogens with zero attached hydrogens (tertiary/aromatic N) is 2. The highest BCUT2D eigenvalue weighted by Crippen LogP contribution is 2.39. The van der Waals surface area contributed by atoms with E-state index in [9.17, 15) is 18.0 Å². The van der Waals surface area contributed by atoms with Crippen LogP contribution in [0, 0.1) is 0 Å². The summed E-state index contributed by atoms with van der Waals surface area (Å²) in [4.78, 5) is 24.1. The van der Waals surface area contributed by atoms with Crippen molar-refractivity contribution in [2.24, 2.45) is 0 Å². The zero-order valence-corrected chi connectivity index (χ0v) is 15.5. The lowest BCUT2D eigenvalue weighted by Gasteiger charge is -2.07. The third kappa shape index (κ3) is 5.31. The largest absolute Gasteiger partial charge is 0.490 e. The Morgan fingerprint density at radius 2 is 1.93 bits per heavy atom. The van der Waals surface area contributed by atoms with Crippen molar-refractivity contribution in [1.82, 2.24) is 9.55 Å². The number of carbonyl (C=O) groups is 2. The first kappa shape index (κ1) is 21.2. The van der Waals surface area contributed by atoms with Gasteiger partial charge in [0, 0.05) is 23.2 Å². The van der Waals surface area contributed by atoms with Crippen molar-refractivity contribution < 1.29 is 37.4 Å². The lowest BCUT2D eigenvalue weighted by Crippen LogP contribution is -2.21. The molecule has 0 saturated heterocycles. The van der Waals surface area contributed by atoms with Gasteiger partial charge in [-0.05, 0) is 31.0 Å². The van der Waals surface area contributed by atoms with Crippen LogP contribution in [0.1, 0.15) is 30.4 Å². The standard InChI is InChI=1S/C17H17N3O3.C2HF3O2/c21-16(22)10-20-7-6-13-14(2-1-3-15(13)20)18-8-12-9-19-17(23-12)11-4-5-11;3-2(4,5)1(6)7/h1-3,6-7,9,11,18H,4-5,8,10H2,(H,21,22);(H,6,7). The molecule has 1 aliphatic carbocycles. The molecular formula is C19H18F3N3O5. The molecule has 0 radical (unpaired) electrons. The summed E-state index contributed by atoms with van der Waals surface area (Å²) in [6.45, 7) is 0.517. The van der Waals surface area contributed by atoms with Crippen LogP contribution in [-0.2, 0) is 22.7 Å². The van der Waals surface area contributed by atoms with Gasteiger partial charge in [-0.2, -0.15) is 13.2 Å². The van der Waals surface area contributed by atoms with E-state index in [1.807, 2.05) is 24.3 Å². The average molecular weight is 425 g/mol. The van der Waals surface area contributed by atoms with E-state index in [1.54, 1.807) is 17.0 Å². The van der Waals surface area contributed by atoms with Crippen LogP contribution >= 0.6 is 0 Å². The topological polar surface area (TPSA) is 118 Å². The highest BCUT2D eigenvalue weighted by molar-refractivity contribution is 5.93. The van der Waals surface area contributed by atoms with Gasteiger partial charge in [0.05, 0.1) is 18.3 Å². The molecule has 160 valence electrons. The van der Waals surface area contributed by atoms with Crippen LogP contribution in [0.25, 0.3) is 10.9 Å². The lowest BCUT2D eigenvalue weighted by molar-refractivity contribution is -0.192. The number of halogens is 3. The predicted molar refractivity (Wildman–Crippen MR) is 99.1 cm³/mol. The minimum Gasteiger partial charge on any atom is -0.480 e. The molecule has 30 heavy (non-hydrogen) atoms. The molecule has 8 nitrogen and oxygen atoms in total. The van der Waals surface area contributed by atoms with E-state index >= 15 is 0 Å². The van der Waals surface area contributed by atoms with Gasteiger partial charge in [-0.15, -0.1) is 0 Å². The van der Waals surface area contributed by atoms with Crippen LogP contribution in [0.2, 0.25) is 0 Å². The first-order valence-electron chi connectivity index (χ1n) is 8.93. The van der Waals surface area contributed by atoms with Crippen molar-refractivity contribution in [1.29, 1.82) is 0 Å². The minimum atomic E-state index is -5.08. The molecule has 1 fully saturated rings. The van der Waals surface area contributed by atoms with Crippen LogP contribution in [0.5, 0.6) is 0 Å². The number of hydrogen-bond donors (Lipinski definition) is 3. The number of nitrogens with one attached hydrogen (secondary N) is 1. The number of benzene rings is 1. The number of aliphatic carboxylic acids is 2. The van der Waals surface area contributed by atoms with Crippen LogP contribution in [0.4, 0.5) is 18.9 Å². The van der Waals surface area contributed by atoms with E-state index in [-0.39, 0.29) is 6.54 Å². The summed E-state index contributed by atoms with van der Waals surface area (Å²) in [5.74, 6) is -1.44. The number of aromatic nitrogens is 2. The number of rotatable bonds is 6. The molecule has 4 rings (SSSR count). The molecule has 11 heteroatoms. The van der Waals surface area contributed by atoms with E-state index in [1.165, 1.54) is 12.8 Å². The normalized spacial score (nSPS) is 13.6. The molecule has 0 unspecified atom stereocenters. The number of hydrogen-bond acceptors (Lipinski definition) is 5. The van der Waals surface area contributed by atoms with Crippen molar-refractivity contribution in [3.8, 4) is 0 Å². The minimum absolute atomic E-state index is 0.0419. The van der Waals surface area contributed by atoms with Crippen molar-refractivity contribution >= 4 is 28.5 Å². The summed E-state index contributed by atoms with van der Waals surface area (Å²) in [6.07, 6.45) is 0.827. The van der Waals surface area contributed by atoms with Crippen LogP contribution in [0.15, 0.2) is 41.1 Å². The molecule has 2 heterocycles. The molecule has 1 saturated carbocycles. The van der Waals surface area contributed by atoms with E-state index in [4.69, 9.17) is 19.4 Å². The van der Waals surface area contributed by atoms with Gasteiger partial charge in [-0.25, -0.2) is 9.78 Å². The fourth-order valence-electron chi connectivity index (χ4n) is 2.77. The molecular weight excluding hydrogens is 407 g/mol. The summed E-state index contributed by atoms with van der Waals surface area (Å²) >= 11 is 0. The Balaban J connectivity index is 0.000000318. The van der Waals surface area contributed by atoms with Crippen LogP contribution < -0.4 is 5.32 Å². The van der Waals surface area contributed by atoms with Gasteiger partial charge >= 0.3 is 18.1 Å². The molecule has 0 bridgehead atoms. The third-order valence-electron chi connectivity index (χ3n) is 4.31. The summed E-state index contributed by atoms with van der Waals surface area (Å²) in [5, 5.41) is 20.4.